The Morgan fingerprint density at radius 2 is 1.19 bits per heavy atom. The first-order valence-corrected chi connectivity index (χ1v) is 14.3. The normalized spacial score (nSPS) is 19.2. The summed E-state index contributed by atoms with van der Waals surface area (Å²) < 4.78 is 18.7. The van der Waals surface area contributed by atoms with Crippen LogP contribution in [0.25, 0.3) is 0 Å². The number of ether oxygens (including phenoxy) is 2. The third kappa shape index (κ3) is 4.60. The Kier molecular flexibility index (Phi) is 7.03. The zero-order valence-corrected chi connectivity index (χ0v) is 21.9. The van der Waals surface area contributed by atoms with Gasteiger partial charge in [0, 0.05) is 0 Å². The minimum absolute atomic E-state index is 0.0787. The highest BCUT2D eigenvalue weighted by Crippen LogP contribution is 2.31. The van der Waals surface area contributed by atoms with Crippen molar-refractivity contribution in [2.75, 3.05) is 7.11 Å². The maximum Gasteiger partial charge on any atom is 0.288 e. The summed E-state index contributed by atoms with van der Waals surface area (Å²) in [6.07, 6.45) is -0.216. The average Bonchev–Trinajstić information content (AvgIpc) is 2.95. The molecule has 1 aliphatic heterocycles. The Morgan fingerprint density at radius 1 is 0.722 bits per heavy atom. The first-order chi connectivity index (χ1) is 17.6. The molecular formula is C31H31NO3Si. The van der Waals surface area contributed by atoms with Crippen molar-refractivity contribution in [2.24, 2.45) is 10.9 Å². The molecule has 0 bridgehead atoms. The molecule has 0 N–H and O–H groups in total. The summed E-state index contributed by atoms with van der Waals surface area (Å²) in [4.78, 5) is 4.72. The van der Waals surface area contributed by atoms with E-state index < -0.39 is 8.32 Å². The smallest absolute Gasteiger partial charge is 0.288 e. The molecular weight excluding hydrogens is 462 g/mol. The molecule has 4 aromatic carbocycles. The van der Waals surface area contributed by atoms with Crippen LogP contribution in [0.3, 0.4) is 0 Å². The van der Waals surface area contributed by atoms with Gasteiger partial charge in [-0.1, -0.05) is 97.9 Å². The van der Waals surface area contributed by atoms with Crippen LogP contribution in [0.4, 0.5) is 5.69 Å². The quantitative estimate of drug-likeness (QED) is 0.261. The second-order valence-electron chi connectivity index (χ2n) is 9.12. The molecule has 0 radical (unpaired) electrons. The topological polar surface area (TPSA) is 40.0 Å². The molecule has 0 amide bonds. The zero-order chi connectivity index (χ0) is 25.0. The van der Waals surface area contributed by atoms with Crippen LogP contribution < -0.4 is 20.3 Å². The van der Waals surface area contributed by atoms with E-state index in [1.807, 2.05) is 24.3 Å². The number of nitrogens with zero attached hydrogens (tertiary/aromatic N) is 1. The van der Waals surface area contributed by atoms with E-state index in [0.29, 0.717) is 0 Å². The van der Waals surface area contributed by atoms with Crippen LogP contribution in [0.5, 0.6) is 5.75 Å². The Bertz CT molecular complexity index is 1200. The molecule has 1 aliphatic rings. The van der Waals surface area contributed by atoms with Crippen LogP contribution in [0.2, 0.25) is 0 Å². The number of methoxy groups -OCH3 is 1. The average molecular weight is 494 g/mol. The highest BCUT2D eigenvalue weighted by atomic mass is 28.4. The molecule has 0 aliphatic carbocycles. The molecule has 4 aromatic rings. The molecule has 4 nitrogen and oxygen atoms in total. The number of benzene rings is 4. The molecule has 182 valence electrons. The van der Waals surface area contributed by atoms with Gasteiger partial charge in [-0.25, -0.2) is 4.99 Å². The third-order valence-corrected chi connectivity index (χ3v) is 11.0. The van der Waals surface area contributed by atoms with E-state index in [-0.39, 0.29) is 18.1 Å². The van der Waals surface area contributed by atoms with E-state index in [1.165, 1.54) is 15.6 Å². The van der Waals surface area contributed by atoms with Gasteiger partial charge >= 0.3 is 0 Å². The van der Waals surface area contributed by atoms with Gasteiger partial charge in [0.2, 0.25) is 0 Å². The standard InChI is InChI=1S/C31H31NO3Si/c1-23-30(34-31(23)32-25-19-21-26(33-3)22-20-25)24(2)35-36(27-13-7-4-8-14-27,28-15-9-5-10-16-28)29-17-11-6-12-18-29/h4-24,30H,1-3H3/t23-,24+,30-/m1/s1. The van der Waals surface area contributed by atoms with E-state index >= 15 is 0 Å². The van der Waals surface area contributed by atoms with E-state index in [4.69, 9.17) is 18.9 Å². The van der Waals surface area contributed by atoms with E-state index in [2.05, 4.69) is 105 Å². The number of rotatable bonds is 8. The molecule has 1 heterocycles. The lowest BCUT2D eigenvalue weighted by atomic mass is 9.94. The largest absolute Gasteiger partial charge is 0.497 e. The van der Waals surface area contributed by atoms with Crippen LogP contribution in [0, 0.1) is 5.92 Å². The summed E-state index contributed by atoms with van der Waals surface area (Å²) in [5, 5.41) is 3.65. The fourth-order valence-corrected chi connectivity index (χ4v) is 8.99. The molecule has 5 heteroatoms. The van der Waals surface area contributed by atoms with Crippen LogP contribution in [0.1, 0.15) is 13.8 Å². The Hall–Kier alpha value is -3.67. The van der Waals surface area contributed by atoms with Gasteiger partial charge in [0.25, 0.3) is 8.32 Å². The third-order valence-electron chi connectivity index (χ3n) is 6.82. The number of hydrogen-bond acceptors (Lipinski definition) is 4. The summed E-state index contributed by atoms with van der Waals surface area (Å²) in [5.41, 5.74) is 0.853. The minimum atomic E-state index is -2.80. The van der Waals surface area contributed by atoms with Crippen molar-refractivity contribution in [1.29, 1.82) is 0 Å². The van der Waals surface area contributed by atoms with Crippen LogP contribution >= 0.6 is 0 Å². The maximum absolute atomic E-state index is 7.24. The van der Waals surface area contributed by atoms with Gasteiger partial charge < -0.3 is 13.9 Å². The monoisotopic (exact) mass is 493 g/mol. The summed E-state index contributed by atoms with van der Waals surface area (Å²) >= 11 is 0. The van der Waals surface area contributed by atoms with Gasteiger partial charge in [0.15, 0.2) is 5.90 Å². The Labute approximate surface area is 214 Å². The fourth-order valence-electron chi connectivity index (χ4n) is 4.90. The van der Waals surface area contributed by atoms with Gasteiger partial charge in [-0.05, 0) is 46.7 Å². The van der Waals surface area contributed by atoms with Crippen LogP contribution in [-0.2, 0) is 9.16 Å². The van der Waals surface area contributed by atoms with Crippen molar-refractivity contribution in [2.45, 2.75) is 26.1 Å². The van der Waals surface area contributed by atoms with Crippen molar-refractivity contribution < 1.29 is 13.9 Å². The second-order valence-corrected chi connectivity index (χ2v) is 12.5. The fraction of sp³-hybridized carbons (Fsp3) is 0.194. The lowest BCUT2D eigenvalue weighted by Crippen LogP contribution is -2.71. The van der Waals surface area contributed by atoms with E-state index in [9.17, 15) is 0 Å². The van der Waals surface area contributed by atoms with Crippen molar-refractivity contribution in [3.63, 3.8) is 0 Å². The predicted molar refractivity (Wildman–Crippen MR) is 149 cm³/mol. The van der Waals surface area contributed by atoms with Gasteiger partial charge in [-0.2, -0.15) is 0 Å². The summed E-state index contributed by atoms with van der Waals surface area (Å²) in [5.74, 6) is 1.70. The summed E-state index contributed by atoms with van der Waals surface area (Å²) in [6, 6.07) is 39.6. The van der Waals surface area contributed by atoms with Gasteiger partial charge in [0.05, 0.1) is 24.8 Å². The molecule has 5 rings (SSSR count). The number of hydrogen-bond donors (Lipinski definition) is 0. The van der Waals surface area contributed by atoms with Gasteiger partial charge in [-0.3, -0.25) is 0 Å². The molecule has 0 saturated carbocycles. The minimum Gasteiger partial charge on any atom is -0.497 e. The van der Waals surface area contributed by atoms with Crippen LogP contribution in [0.15, 0.2) is 120 Å². The maximum atomic E-state index is 7.24. The molecule has 3 atom stereocenters. The lowest BCUT2D eigenvalue weighted by Gasteiger charge is -2.44. The second kappa shape index (κ2) is 10.5. The highest BCUT2D eigenvalue weighted by Gasteiger charge is 2.48. The van der Waals surface area contributed by atoms with Crippen molar-refractivity contribution in [1.82, 2.24) is 0 Å². The first kappa shape index (κ1) is 24.0. The van der Waals surface area contributed by atoms with Crippen molar-refractivity contribution >= 4 is 35.5 Å². The molecule has 1 fully saturated rings. The Balaban J connectivity index is 1.47. The predicted octanol–water partition coefficient (Wildman–Crippen LogP) is 4.83. The van der Waals surface area contributed by atoms with Gasteiger partial charge in [-0.15, -0.1) is 0 Å². The van der Waals surface area contributed by atoms with E-state index in [0.717, 1.165) is 17.3 Å². The first-order valence-electron chi connectivity index (χ1n) is 12.4. The Morgan fingerprint density at radius 3 is 1.61 bits per heavy atom. The summed E-state index contributed by atoms with van der Waals surface area (Å²) in [6.45, 7) is 4.29. The van der Waals surface area contributed by atoms with Crippen molar-refractivity contribution in [3.8, 4) is 5.75 Å². The van der Waals surface area contributed by atoms with Gasteiger partial charge in [0.1, 0.15) is 11.9 Å². The molecule has 0 spiro atoms. The number of aliphatic imine (C=N–C) groups is 1. The molecule has 36 heavy (non-hydrogen) atoms. The van der Waals surface area contributed by atoms with E-state index in [1.54, 1.807) is 7.11 Å². The molecule has 1 saturated heterocycles. The zero-order valence-electron chi connectivity index (χ0n) is 20.9. The van der Waals surface area contributed by atoms with Crippen molar-refractivity contribution in [3.05, 3.63) is 115 Å². The lowest BCUT2D eigenvalue weighted by molar-refractivity contribution is -0.0211. The highest BCUT2D eigenvalue weighted by molar-refractivity contribution is 7.07. The SMILES string of the molecule is COc1ccc(N=C2O[C@@H]([C@H](C)O[Si](c3ccccc3)(c3ccccc3)c3ccccc3)[C@H]2C)cc1. The molecule has 0 aromatic heterocycles. The summed E-state index contributed by atoms with van der Waals surface area (Å²) in [7, 11) is -1.14. The molecule has 0 unspecified atom stereocenters. The van der Waals surface area contributed by atoms with Crippen LogP contribution in [-0.4, -0.2) is 33.5 Å².